The number of hydroxylamine groups is 1. The van der Waals surface area contributed by atoms with Gasteiger partial charge in [0.25, 0.3) is 0 Å². The second kappa shape index (κ2) is 9.43. The molecule has 1 saturated heterocycles. The number of nitrogens with zero attached hydrogens (tertiary/aromatic N) is 1. The van der Waals surface area contributed by atoms with E-state index < -0.39 is 0 Å². The minimum absolute atomic E-state index is 0.122. The van der Waals surface area contributed by atoms with Crippen LogP contribution in [-0.2, 0) is 16.1 Å². The van der Waals surface area contributed by atoms with Gasteiger partial charge in [-0.2, -0.15) is 0 Å². The van der Waals surface area contributed by atoms with Crippen LogP contribution < -0.4 is 10.2 Å². The fourth-order valence-corrected chi connectivity index (χ4v) is 2.58. The van der Waals surface area contributed by atoms with Crippen molar-refractivity contribution in [3.8, 4) is 5.75 Å². The summed E-state index contributed by atoms with van der Waals surface area (Å²) in [7, 11) is 0. The Morgan fingerprint density at radius 1 is 1.18 bits per heavy atom. The number of piperidine rings is 1. The molecule has 0 unspecified atom stereocenters. The first-order valence-corrected chi connectivity index (χ1v) is 8.12. The summed E-state index contributed by atoms with van der Waals surface area (Å²) in [6, 6.07) is 7.56. The molecule has 0 aromatic heterocycles. The highest BCUT2D eigenvalue weighted by Crippen LogP contribution is 2.12. The second-order valence-corrected chi connectivity index (χ2v) is 5.53. The van der Waals surface area contributed by atoms with Crippen molar-refractivity contribution in [3.05, 3.63) is 29.8 Å². The van der Waals surface area contributed by atoms with Crippen LogP contribution in [-0.4, -0.2) is 43.7 Å². The summed E-state index contributed by atoms with van der Waals surface area (Å²) in [6.07, 6.45) is 4.18. The van der Waals surface area contributed by atoms with E-state index in [2.05, 4.69) is 10.4 Å². The predicted molar refractivity (Wildman–Crippen MR) is 85.7 cm³/mol. The summed E-state index contributed by atoms with van der Waals surface area (Å²) in [5, 5.41) is 0. The van der Waals surface area contributed by atoms with Gasteiger partial charge in [-0.3, -0.25) is 9.63 Å². The Kier molecular flexibility index (Phi) is 7.19. The quantitative estimate of drug-likeness (QED) is 0.591. The van der Waals surface area contributed by atoms with E-state index in [1.165, 1.54) is 19.3 Å². The zero-order valence-corrected chi connectivity index (χ0v) is 13.3. The smallest absolute Gasteiger partial charge is 0.247 e. The first kappa shape index (κ1) is 16.8. The van der Waals surface area contributed by atoms with Gasteiger partial charge in [0.1, 0.15) is 5.75 Å². The Bertz CT molecular complexity index is 442. The maximum Gasteiger partial charge on any atom is 0.247 e. The molecule has 1 aliphatic rings. The summed E-state index contributed by atoms with van der Waals surface area (Å²) in [4.78, 5) is 19.4. The summed E-state index contributed by atoms with van der Waals surface area (Å²) in [6.45, 7) is 6.29. The molecule has 1 aliphatic heterocycles. The second-order valence-electron chi connectivity index (χ2n) is 5.53. The van der Waals surface area contributed by atoms with Crippen LogP contribution in [0.3, 0.4) is 0 Å². The molecule has 0 aliphatic carbocycles. The monoisotopic (exact) mass is 306 g/mol. The van der Waals surface area contributed by atoms with Crippen LogP contribution in [0.4, 0.5) is 0 Å². The number of carbonyl (C=O) groups excluding carboxylic acids is 1. The van der Waals surface area contributed by atoms with Crippen LogP contribution in [0.2, 0.25) is 0 Å². The van der Waals surface area contributed by atoms with Gasteiger partial charge in [-0.15, -0.1) is 0 Å². The van der Waals surface area contributed by atoms with Crippen molar-refractivity contribution in [2.75, 3.05) is 32.8 Å². The SMILES string of the molecule is CCOc1ccc(CC(=O)NOCCN2CCCCC2)cc1. The van der Waals surface area contributed by atoms with Crippen molar-refractivity contribution in [3.63, 3.8) is 0 Å². The van der Waals surface area contributed by atoms with Gasteiger partial charge in [-0.25, -0.2) is 5.48 Å². The third-order valence-corrected chi connectivity index (χ3v) is 3.74. The highest BCUT2D eigenvalue weighted by atomic mass is 16.6. The summed E-state index contributed by atoms with van der Waals surface area (Å²) in [5.41, 5.74) is 3.46. The van der Waals surface area contributed by atoms with Gasteiger partial charge in [0.15, 0.2) is 0 Å². The molecule has 1 N–H and O–H groups in total. The van der Waals surface area contributed by atoms with Gasteiger partial charge in [-0.05, 0) is 50.6 Å². The van der Waals surface area contributed by atoms with Crippen molar-refractivity contribution in [2.24, 2.45) is 0 Å². The van der Waals surface area contributed by atoms with E-state index in [9.17, 15) is 4.79 Å². The molecular weight excluding hydrogens is 280 g/mol. The lowest BCUT2D eigenvalue weighted by atomic mass is 10.1. The topological polar surface area (TPSA) is 50.8 Å². The highest BCUT2D eigenvalue weighted by Gasteiger charge is 2.09. The van der Waals surface area contributed by atoms with E-state index in [-0.39, 0.29) is 5.91 Å². The predicted octanol–water partition coefficient (Wildman–Crippen LogP) is 2.16. The van der Waals surface area contributed by atoms with Crippen LogP contribution in [0.5, 0.6) is 5.75 Å². The van der Waals surface area contributed by atoms with Crippen molar-refractivity contribution in [2.45, 2.75) is 32.6 Å². The molecule has 2 rings (SSSR count). The molecule has 1 fully saturated rings. The Morgan fingerprint density at radius 2 is 1.91 bits per heavy atom. The first-order valence-electron chi connectivity index (χ1n) is 8.12. The standard InChI is InChI=1S/C17H26N2O3/c1-2-21-16-8-6-15(7-9-16)14-17(20)18-22-13-12-19-10-4-3-5-11-19/h6-9H,2-5,10-14H2,1H3,(H,18,20). The fourth-order valence-electron chi connectivity index (χ4n) is 2.58. The molecular formula is C17H26N2O3. The van der Waals surface area contributed by atoms with Gasteiger partial charge >= 0.3 is 0 Å². The molecule has 5 heteroatoms. The first-order chi connectivity index (χ1) is 10.8. The number of nitrogens with one attached hydrogen (secondary N) is 1. The third-order valence-electron chi connectivity index (χ3n) is 3.74. The summed E-state index contributed by atoms with van der Waals surface area (Å²) < 4.78 is 5.37. The normalized spacial score (nSPS) is 15.5. The van der Waals surface area contributed by atoms with Crippen LogP contribution in [0.15, 0.2) is 24.3 Å². The minimum Gasteiger partial charge on any atom is -0.494 e. The summed E-state index contributed by atoms with van der Waals surface area (Å²) >= 11 is 0. The zero-order valence-electron chi connectivity index (χ0n) is 13.3. The molecule has 0 atom stereocenters. The average molecular weight is 306 g/mol. The van der Waals surface area contributed by atoms with E-state index in [1.54, 1.807) is 0 Å². The molecule has 0 saturated carbocycles. The number of benzene rings is 1. The molecule has 22 heavy (non-hydrogen) atoms. The van der Waals surface area contributed by atoms with E-state index >= 15 is 0 Å². The average Bonchev–Trinajstić information content (AvgIpc) is 2.55. The third kappa shape index (κ3) is 6.03. The Hall–Kier alpha value is -1.59. The molecule has 5 nitrogen and oxygen atoms in total. The van der Waals surface area contributed by atoms with Gasteiger partial charge in [0.2, 0.25) is 5.91 Å². The van der Waals surface area contributed by atoms with Crippen molar-refractivity contribution in [1.29, 1.82) is 0 Å². The molecule has 0 bridgehead atoms. The minimum atomic E-state index is -0.122. The number of carbonyl (C=O) groups is 1. The zero-order chi connectivity index (χ0) is 15.6. The van der Waals surface area contributed by atoms with E-state index in [0.29, 0.717) is 19.6 Å². The number of hydrogen-bond donors (Lipinski definition) is 1. The molecule has 1 aromatic carbocycles. The maximum absolute atomic E-state index is 11.8. The van der Waals surface area contributed by atoms with E-state index in [1.807, 2.05) is 31.2 Å². The van der Waals surface area contributed by atoms with Gasteiger partial charge < -0.3 is 9.64 Å². The summed E-state index contributed by atoms with van der Waals surface area (Å²) in [5.74, 6) is 0.701. The largest absolute Gasteiger partial charge is 0.494 e. The van der Waals surface area contributed by atoms with Crippen LogP contribution in [0.1, 0.15) is 31.7 Å². The van der Waals surface area contributed by atoms with Crippen LogP contribution in [0.25, 0.3) is 0 Å². The Balaban J connectivity index is 1.60. The maximum atomic E-state index is 11.8. The van der Waals surface area contributed by atoms with Crippen molar-refractivity contribution in [1.82, 2.24) is 10.4 Å². The lowest BCUT2D eigenvalue weighted by Gasteiger charge is -2.25. The molecule has 122 valence electrons. The Morgan fingerprint density at radius 3 is 2.59 bits per heavy atom. The number of rotatable bonds is 8. The lowest BCUT2D eigenvalue weighted by Crippen LogP contribution is -2.35. The van der Waals surface area contributed by atoms with Gasteiger partial charge in [0.05, 0.1) is 19.6 Å². The number of likely N-dealkylation sites (tertiary alicyclic amines) is 1. The van der Waals surface area contributed by atoms with E-state index in [0.717, 1.165) is 30.9 Å². The molecule has 1 aromatic rings. The van der Waals surface area contributed by atoms with Gasteiger partial charge in [-0.1, -0.05) is 18.6 Å². The van der Waals surface area contributed by atoms with E-state index in [4.69, 9.17) is 9.57 Å². The Labute approximate surface area is 132 Å². The number of ether oxygens (including phenoxy) is 1. The van der Waals surface area contributed by atoms with Crippen LogP contribution in [0, 0.1) is 0 Å². The van der Waals surface area contributed by atoms with Gasteiger partial charge in [0, 0.05) is 6.54 Å². The number of amides is 1. The lowest BCUT2D eigenvalue weighted by molar-refractivity contribution is -0.133. The molecule has 0 spiro atoms. The fraction of sp³-hybridized carbons (Fsp3) is 0.588. The molecule has 1 amide bonds. The molecule has 1 heterocycles. The molecule has 0 radical (unpaired) electrons. The van der Waals surface area contributed by atoms with Crippen LogP contribution >= 0.6 is 0 Å². The number of hydrogen-bond acceptors (Lipinski definition) is 4. The van der Waals surface area contributed by atoms with Crippen molar-refractivity contribution < 1.29 is 14.4 Å². The van der Waals surface area contributed by atoms with Crippen molar-refractivity contribution >= 4 is 5.91 Å². The highest BCUT2D eigenvalue weighted by molar-refractivity contribution is 5.77.